The molecule has 0 fully saturated rings. The molecule has 0 atom stereocenters. The van der Waals surface area contributed by atoms with Crippen LogP contribution in [-0.2, 0) is 19.1 Å². The van der Waals surface area contributed by atoms with Gasteiger partial charge in [-0.15, -0.1) is 0 Å². The molecule has 0 aliphatic rings. The smallest absolute Gasteiger partial charge is 0.339 e. The number of benzene rings is 1. The van der Waals surface area contributed by atoms with E-state index in [0.29, 0.717) is 6.54 Å². The Morgan fingerprint density at radius 2 is 1.63 bits per heavy atom. The van der Waals surface area contributed by atoms with Crippen LogP contribution < -0.4 is 10.6 Å². The van der Waals surface area contributed by atoms with Gasteiger partial charge in [0, 0.05) is 6.54 Å². The summed E-state index contributed by atoms with van der Waals surface area (Å²) in [5, 5.41) is 5.29. The number of esters is 2. The van der Waals surface area contributed by atoms with E-state index in [4.69, 9.17) is 0 Å². The minimum Gasteiger partial charge on any atom is -0.465 e. The van der Waals surface area contributed by atoms with Gasteiger partial charge in [0.2, 0.25) is 11.8 Å². The number of nitrogens with one attached hydrogen (secondary N) is 2. The van der Waals surface area contributed by atoms with Gasteiger partial charge in [0.05, 0.1) is 44.1 Å². The van der Waals surface area contributed by atoms with E-state index < -0.39 is 17.8 Å². The molecule has 1 rings (SSSR count). The lowest BCUT2D eigenvalue weighted by atomic mass is 10.1. The molecule has 0 aromatic heterocycles. The number of amides is 2. The van der Waals surface area contributed by atoms with E-state index in [1.165, 1.54) is 37.3 Å². The minimum atomic E-state index is -0.658. The summed E-state index contributed by atoms with van der Waals surface area (Å²) in [6, 6.07) is 4.11. The van der Waals surface area contributed by atoms with Crippen molar-refractivity contribution in [3.63, 3.8) is 0 Å². The van der Waals surface area contributed by atoms with Gasteiger partial charge in [0.1, 0.15) is 0 Å². The van der Waals surface area contributed by atoms with E-state index in [1.807, 2.05) is 6.92 Å². The van der Waals surface area contributed by atoms with Gasteiger partial charge in [-0.25, -0.2) is 9.59 Å². The molecule has 0 heterocycles. The van der Waals surface area contributed by atoms with Crippen LogP contribution in [0.1, 0.15) is 34.1 Å². The van der Waals surface area contributed by atoms with E-state index in [1.54, 1.807) is 7.05 Å². The Bertz CT molecular complexity index is 704. The van der Waals surface area contributed by atoms with Crippen LogP contribution in [0.25, 0.3) is 0 Å². The molecule has 0 spiro atoms. The van der Waals surface area contributed by atoms with E-state index >= 15 is 0 Å². The zero-order valence-electron chi connectivity index (χ0n) is 16.0. The summed E-state index contributed by atoms with van der Waals surface area (Å²) in [4.78, 5) is 49.1. The number of rotatable bonds is 9. The first-order chi connectivity index (χ1) is 12.8. The van der Waals surface area contributed by atoms with Gasteiger partial charge < -0.3 is 20.1 Å². The number of hydrogen-bond donors (Lipinski definition) is 2. The Kier molecular flexibility index (Phi) is 8.94. The third-order valence-corrected chi connectivity index (χ3v) is 3.52. The van der Waals surface area contributed by atoms with Crippen LogP contribution in [0.15, 0.2) is 18.2 Å². The molecular weight excluding hydrogens is 354 g/mol. The SMILES string of the molecule is CCCNC(=O)CN(C)CC(=O)Nc1cc(C(=O)OC)ccc1C(=O)OC. The lowest BCUT2D eigenvalue weighted by molar-refractivity contribution is -0.122. The third-order valence-electron chi connectivity index (χ3n) is 3.52. The second kappa shape index (κ2) is 10.9. The van der Waals surface area contributed by atoms with E-state index in [0.717, 1.165) is 6.42 Å². The van der Waals surface area contributed by atoms with Crippen LogP contribution in [0.4, 0.5) is 5.69 Å². The van der Waals surface area contributed by atoms with E-state index in [2.05, 4.69) is 20.1 Å². The van der Waals surface area contributed by atoms with Crippen LogP contribution >= 0.6 is 0 Å². The zero-order chi connectivity index (χ0) is 20.4. The van der Waals surface area contributed by atoms with Crippen molar-refractivity contribution in [3.05, 3.63) is 29.3 Å². The molecule has 9 nitrogen and oxygen atoms in total. The molecule has 1 aromatic rings. The number of anilines is 1. The molecule has 0 unspecified atom stereocenters. The van der Waals surface area contributed by atoms with E-state index in [-0.39, 0.29) is 35.8 Å². The second-order valence-electron chi connectivity index (χ2n) is 5.81. The molecule has 2 amide bonds. The number of hydrogen-bond acceptors (Lipinski definition) is 7. The summed E-state index contributed by atoms with van der Waals surface area (Å²) in [5.41, 5.74) is 0.396. The molecule has 2 N–H and O–H groups in total. The van der Waals surface area contributed by atoms with Crippen molar-refractivity contribution in [3.8, 4) is 0 Å². The molecule has 0 aliphatic heterocycles. The summed E-state index contributed by atoms with van der Waals surface area (Å²) in [6.45, 7) is 2.49. The fraction of sp³-hybridized carbons (Fsp3) is 0.444. The Morgan fingerprint density at radius 3 is 2.22 bits per heavy atom. The van der Waals surface area contributed by atoms with Crippen molar-refractivity contribution in [1.82, 2.24) is 10.2 Å². The first kappa shape index (κ1) is 22.1. The molecule has 0 radical (unpaired) electrons. The zero-order valence-corrected chi connectivity index (χ0v) is 16.0. The van der Waals surface area contributed by atoms with Crippen molar-refractivity contribution >= 4 is 29.4 Å². The fourth-order valence-electron chi connectivity index (χ4n) is 2.24. The van der Waals surface area contributed by atoms with Crippen LogP contribution in [0, 0.1) is 0 Å². The van der Waals surface area contributed by atoms with Crippen LogP contribution in [0.3, 0.4) is 0 Å². The van der Waals surface area contributed by atoms with Gasteiger partial charge in [-0.2, -0.15) is 0 Å². The van der Waals surface area contributed by atoms with Crippen LogP contribution in [0.2, 0.25) is 0 Å². The molecule has 1 aromatic carbocycles. The quantitative estimate of drug-likeness (QED) is 0.606. The molecule has 9 heteroatoms. The first-order valence-electron chi connectivity index (χ1n) is 8.38. The maximum Gasteiger partial charge on any atom is 0.339 e. The summed E-state index contributed by atoms with van der Waals surface area (Å²) in [5.74, 6) is -1.90. The summed E-state index contributed by atoms with van der Waals surface area (Å²) < 4.78 is 9.33. The van der Waals surface area contributed by atoms with Gasteiger partial charge in [-0.3, -0.25) is 14.5 Å². The predicted octanol–water partition coefficient (Wildman–Crippen LogP) is 0.656. The molecule has 0 bridgehead atoms. The van der Waals surface area contributed by atoms with Crippen molar-refractivity contribution < 1.29 is 28.7 Å². The highest BCUT2D eigenvalue weighted by Gasteiger charge is 2.18. The number of methoxy groups -OCH3 is 2. The molecule has 27 heavy (non-hydrogen) atoms. The Hall–Kier alpha value is -2.94. The van der Waals surface area contributed by atoms with Crippen molar-refractivity contribution in [2.24, 2.45) is 0 Å². The average Bonchev–Trinajstić information content (AvgIpc) is 2.64. The Labute approximate surface area is 158 Å². The third kappa shape index (κ3) is 7.06. The van der Waals surface area contributed by atoms with Gasteiger partial charge >= 0.3 is 11.9 Å². The largest absolute Gasteiger partial charge is 0.465 e. The second-order valence-corrected chi connectivity index (χ2v) is 5.81. The fourth-order valence-corrected chi connectivity index (χ4v) is 2.24. The predicted molar refractivity (Wildman–Crippen MR) is 98.5 cm³/mol. The van der Waals surface area contributed by atoms with Gasteiger partial charge in [-0.1, -0.05) is 6.92 Å². The van der Waals surface area contributed by atoms with Crippen molar-refractivity contribution in [1.29, 1.82) is 0 Å². The highest BCUT2D eigenvalue weighted by Crippen LogP contribution is 2.19. The van der Waals surface area contributed by atoms with Gasteiger partial charge in [-0.05, 0) is 31.7 Å². The van der Waals surface area contributed by atoms with Gasteiger partial charge in [0.15, 0.2) is 0 Å². The van der Waals surface area contributed by atoms with Gasteiger partial charge in [0.25, 0.3) is 0 Å². The standard InChI is InChI=1S/C18H25N3O6/c1-5-8-19-15(22)10-21(2)11-16(23)20-14-9-12(17(24)26-3)6-7-13(14)18(25)27-4/h6-7,9H,5,8,10-11H2,1-4H3,(H,19,22)(H,20,23). The Morgan fingerprint density at radius 1 is 1.00 bits per heavy atom. The number of nitrogens with zero attached hydrogens (tertiary/aromatic N) is 1. The number of ether oxygens (including phenoxy) is 2. The molecule has 0 saturated carbocycles. The topological polar surface area (TPSA) is 114 Å². The molecular formula is C18H25N3O6. The highest BCUT2D eigenvalue weighted by atomic mass is 16.5. The van der Waals surface area contributed by atoms with Crippen molar-refractivity contribution in [2.45, 2.75) is 13.3 Å². The number of carbonyl (C=O) groups is 4. The first-order valence-corrected chi connectivity index (χ1v) is 8.38. The van der Waals surface area contributed by atoms with E-state index in [9.17, 15) is 19.2 Å². The lowest BCUT2D eigenvalue weighted by Crippen LogP contribution is -2.39. The van der Waals surface area contributed by atoms with Crippen LogP contribution in [-0.4, -0.2) is 69.6 Å². The average molecular weight is 379 g/mol. The summed E-state index contributed by atoms with van der Waals surface area (Å²) in [6.07, 6.45) is 0.822. The molecule has 148 valence electrons. The Balaban J connectivity index is 2.85. The minimum absolute atomic E-state index is 0.0550. The summed E-state index contributed by atoms with van der Waals surface area (Å²) >= 11 is 0. The highest BCUT2D eigenvalue weighted by molar-refractivity contribution is 6.03. The molecule has 0 aliphatic carbocycles. The monoisotopic (exact) mass is 379 g/mol. The number of likely N-dealkylation sites (N-methyl/N-ethyl adjacent to an activating group) is 1. The number of carbonyl (C=O) groups excluding carboxylic acids is 4. The normalized spacial score (nSPS) is 10.3. The molecule has 0 saturated heterocycles. The summed E-state index contributed by atoms with van der Waals surface area (Å²) in [7, 11) is 4.06. The van der Waals surface area contributed by atoms with Crippen molar-refractivity contribution in [2.75, 3.05) is 46.2 Å². The maximum absolute atomic E-state index is 12.3. The van der Waals surface area contributed by atoms with Crippen LogP contribution in [0.5, 0.6) is 0 Å². The maximum atomic E-state index is 12.3. The lowest BCUT2D eigenvalue weighted by Gasteiger charge is -2.17.